The first-order chi connectivity index (χ1) is 4.31. The monoisotopic (exact) mass is 148 g/mol. The number of hydrogen-bond acceptors (Lipinski definition) is 2. The molecule has 0 aliphatic carbocycles. The Bertz CT molecular complexity index is 110. The molecule has 0 rings (SSSR count). The third-order valence-corrected chi connectivity index (χ3v) is 0.946. The van der Waals surface area contributed by atoms with Crippen molar-refractivity contribution in [2.45, 2.75) is 6.42 Å². The highest BCUT2D eigenvalue weighted by molar-refractivity contribution is 6.18. The Morgan fingerprint density at radius 2 is 2.33 bits per heavy atom. The van der Waals surface area contributed by atoms with Crippen molar-refractivity contribution in [1.82, 2.24) is 0 Å². The van der Waals surface area contributed by atoms with E-state index in [4.69, 9.17) is 11.6 Å². The number of halogens is 1. The summed E-state index contributed by atoms with van der Waals surface area (Å²) in [6.07, 6.45) is 3.69. The number of rotatable bonds is 3. The quantitative estimate of drug-likeness (QED) is 0.343. The van der Waals surface area contributed by atoms with Crippen LogP contribution in [0.3, 0.4) is 0 Å². The predicted octanol–water partition coefficient (Wildman–Crippen LogP) is 1.34. The SMILES string of the molecule is COC(=O)CC=CCCl. The van der Waals surface area contributed by atoms with Crippen LogP contribution in [0.4, 0.5) is 0 Å². The molecule has 0 aliphatic rings. The fraction of sp³-hybridized carbons (Fsp3) is 0.500. The molecule has 0 spiro atoms. The molecule has 0 radical (unpaired) electrons. The molecule has 0 aromatic heterocycles. The maximum atomic E-state index is 10.4. The molecule has 0 unspecified atom stereocenters. The van der Waals surface area contributed by atoms with Gasteiger partial charge in [-0.05, 0) is 0 Å². The van der Waals surface area contributed by atoms with Gasteiger partial charge >= 0.3 is 5.97 Å². The van der Waals surface area contributed by atoms with E-state index in [2.05, 4.69) is 4.74 Å². The van der Waals surface area contributed by atoms with Gasteiger partial charge in [-0.3, -0.25) is 4.79 Å². The molecule has 0 saturated carbocycles. The van der Waals surface area contributed by atoms with E-state index >= 15 is 0 Å². The van der Waals surface area contributed by atoms with Crippen molar-refractivity contribution in [2.75, 3.05) is 13.0 Å². The predicted molar refractivity (Wildman–Crippen MR) is 36.5 cm³/mol. The Hall–Kier alpha value is -0.500. The van der Waals surface area contributed by atoms with Gasteiger partial charge in [0.05, 0.1) is 13.5 Å². The lowest BCUT2D eigenvalue weighted by Crippen LogP contribution is -1.96. The Labute approximate surface area is 59.5 Å². The third kappa shape index (κ3) is 5.37. The van der Waals surface area contributed by atoms with E-state index in [9.17, 15) is 4.79 Å². The normalized spacial score (nSPS) is 10.0. The minimum Gasteiger partial charge on any atom is -0.469 e. The van der Waals surface area contributed by atoms with Gasteiger partial charge in [0.1, 0.15) is 0 Å². The van der Waals surface area contributed by atoms with Crippen molar-refractivity contribution < 1.29 is 9.53 Å². The molecule has 0 aromatic rings. The molecule has 0 atom stereocenters. The van der Waals surface area contributed by atoms with Gasteiger partial charge in [-0.2, -0.15) is 0 Å². The molecule has 0 saturated heterocycles. The summed E-state index contributed by atoms with van der Waals surface area (Å²) in [6, 6.07) is 0. The first-order valence-electron chi connectivity index (χ1n) is 2.59. The van der Waals surface area contributed by atoms with Crippen LogP contribution in [-0.4, -0.2) is 19.0 Å². The van der Waals surface area contributed by atoms with Gasteiger partial charge < -0.3 is 4.74 Å². The molecule has 3 heteroatoms. The van der Waals surface area contributed by atoms with Crippen LogP contribution in [-0.2, 0) is 9.53 Å². The standard InChI is InChI=1S/C6H9ClO2/c1-9-6(8)4-2-3-5-7/h2-3H,4-5H2,1H3. The number of carbonyl (C=O) groups is 1. The maximum absolute atomic E-state index is 10.4. The molecule has 0 aromatic carbocycles. The lowest BCUT2D eigenvalue weighted by atomic mass is 10.4. The lowest BCUT2D eigenvalue weighted by molar-refractivity contribution is -0.139. The molecule has 2 nitrogen and oxygen atoms in total. The van der Waals surface area contributed by atoms with Crippen molar-refractivity contribution in [1.29, 1.82) is 0 Å². The van der Waals surface area contributed by atoms with Crippen molar-refractivity contribution in [3.63, 3.8) is 0 Å². The zero-order valence-corrected chi connectivity index (χ0v) is 6.02. The molecule has 52 valence electrons. The molecule has 0 bridgehead atoms. The fourth-order valence-corrected chi connectivity index (χ4v) is 0.452. The first-order valence-corrected chi connectivity index (χ1v) is 3.12. The summed E-state index contributed by atoms with van der Waals surface area (Å²) in [4.78, 5) is 10.4. The topological polar surface area (TPSA) is 26.3 Å². The summed E-state index contributed by atoms with van der Waals surface area (Å²) in [5.41, 5.74) is 0. The van der Waals surface area contributed by atoms with Crippen molar-refractivity contribution in [3.05, 3.63) is 12.2 Å². The number of alkyl halides is 1. The molecular weight excluding hydrogens is 140 g/mol. The first kappa shape index (κ1) is 8.50. The van der Waals surface area contributed by atoms with Gasteiger partial charge in [0.2, 0.25) is 0 Å². The summed E-state index contributed by atoms with van der Waals surface area (Å²) in [5.74, 6) is 0.202. The van der Waals surface area contributed by atoms with Crippen LogP contribution >= 0.6 is 11.6 Å². The second kappa shape index (κ2) is 5.63. The second-order valence-electron chi connectivity index (χ2n) is 1.41. The number of allylic oxidation sites excluding steroid dienone is 1. The van der Waals surface area contributed by atoms with E-state index in [0.29, 0.717) is 12.3 Å². The van der Waals surface area contributed by atoms with Gasteiger partial charge in [-0.25, -0.2) is 0 Å². The highest BCUT2D eigenvalue weighted by Gasteiger charge is 1.91. The number of carbonyl (C=O) groups excluding carboxylic acids is 1. The molecular formula is C6H9ClO2. The number of methoxy groups -OCH3 is 1. The van der Waals surface area contributed by atoms with E-state index in [1.165, 1.54) is 7.11 Å². The molecule has 0 aliphatic heterocycles. The van der Waals surface area contributed by atoms with Crippen LogP contribution < -0.4 is 0 Å². The third-order valence-electron chi connectivity index (χ3n) is 0.768. The molecule has 9 heavy (non-hydrogen) atoms. The minimum absolute atomic E-state index is 0.239. The highest BCUT2D eigenvalue weighted by atomic mass is 35.5. The van der Waals surface area contributed by atoms with Crippen LogP contribution in [0, 0.1) is 0 Å². The van der Waals surface area contributed by atoms with Gasteiger partial charge in [0, 0.05) is 5.88 Å². The fourth-order valence-electron chi connectivity index (χ4n) is 0.326. The van der Waals surface area contributed by atoms with Crippen molar-refractivity contribution in [3.8, 4) is 0 Å². The van der Waals surface area contributed by atoms with E-state index < -0.39 is 0 Å². The van der Waals surface area contributed by atoms with Crippen molar-refractivity contribution >= 4 is 17.6 Å². The van der Waals surface area contributed by atoms with Gasteiger partial charge in [0.25, 0.3) is 0 Å². The van der Waals surface area contributed by atoms with Gasteiger partial charge in [-0.1, -0.05) is 12.2 Å². The Kier molecular flexibility index (Phi) is 5.32. The van der Waals surface area contributed by atoms with E-state index in [1.54, 1.807) is 12.2 Å². The largest absolute Gasteiger partial charge is 0.469 e. The second-order valence-corrected chi connectivity index (χ2v) is 1.71. The highest BCUT2D eigenvalue weighted by Crippen LogP contribution is 1.86. The number of esters is 1. The van der Waals surface area contributed by atoms with Crippen LogP contribution in [0.25, 0.3) is 0 Å². The van der Waals surface area contributed by atoms with E-state index in [0.717, 1.165) is 0 Å². The molecule has 0 fully saturated rings. The van der Waals surface area contributed by atoms with E-state index in [1.807, 2.05) is 0 Å². The molecule has 0 N–H and O–H groups in total. The van der Waals surface area contributed by atoms with Gasteiger partial charge in [0.15, 0.2) is 0 Å². The van der Waals surface area contributed by atoms with Gasteiger partial charge in [-0.15, -0.1) is 11.6 Å². The molecule has 0 heterocycles. The number of ether oxygens (including phenoxy) is 1. The minimum atomic E-state index is -0.239. The lowest BCUT2D eigenvalue weighted by Gasteiger charge is -1.90. The average molecular weight is 149 g/mol. The number of hydrogen-bond donors (Lipinski definition) is 0. The van der Waals surface area contributed by atoms with Crippen LogP contribution in [0.5, 0.6) is 0 Å². The maximum Gasteiger partial charge on any atom is 0.309 e. The Morgan fingerprint density at radius 3 is 2.78 bits per heavy atom. The zero-order valence-electron chi connectivity index (χ0n) is 5.26. The summed E-state index contributed by atoms with van der Waals surface area (Å²) in [7, 11) is 1.36. The van der Waals surface area contributed by atoms with Crippen molar-refractivity contribution in [2.24, 2.45) is 0 Å². The summed E-state index contributed by atoms with van der Waals surface area (Å²) in [6.45, 7) is 0. The average Bonchev–Trinajstić information content (AvgIpc) is 1.89. The van der Waals surface area contributed by atoms with Crippen LogP contribution in [0.15, 0.2) is 12.2 Å². The summed E-state index contributed by atoms with van der Waals surface area (Å²) in [5, 5.41) is 0. The Balaban J connectivity index is 3.26. The summed E-state index contributed by atoms with van der Waals surface area (Å²) < 4.78 is 4.36. The molecule has 0 amide bonds. The zero-order chi connectivity index (χ0) is 7.11. The smallest absolute Gasteiger partial charge is 0.309 e. The Morgan fingerprint density at radius 1 is 1.67 bits per heavy atom. The van der Waals surface area contributed by atoms with Crippen LogP contribution in [0.2, 0.25) is 0 Å². The van der Waals surface area contributed by atoms with E-state index in [-0.39, 0.29) is 5.97 Å². The summed E-state index contributed by atoms with van der Waals surface area (Å²) >= 11 is 5.29. The van der Waals surface area contributed by atoms with Crippen LogP contribution in [0.1, 0.15) is 6.42 Å².